The molecule has 0 radical (unpaired) electrons. The fourth-order valence-corrected chi connectivity index (χ4v) is 9.56. The molecule has 5 nitrogen and oxygen atoms in total. The first-order valence-electron chi connectivity index (χ1n) is 18.9. The lowest BCUT2D eigenvalue weighted by molar-refractivity contribution is 0.668. The van der Waals surface area contributed by atoms with Crippen LogP contribution in [0.15, 0.2) is 185 Å². The minimum atomic E-state index is 0.591. The molecule has 0 bridgehead atoms. The number of para-hydroxylation sites is 1. The Kier molecular flexibility index (Phi) is 7.03. The van der Waals surface area contributed by atoms with Crippen molar-refractivity contribution in [2.45, 2.75) is 0 Å². The number of benzene rings is 8. The maximum absolute atomic E-state index is 6.67. The van der Waals surface area contributed by atoms with Gasteiger partial charge in [0.1, 0.15) is 22.3 Å². The summed E-state index contributed by atoms with van der Waals surface area (Å²) in [4.78, 5) is 14.8. The van der Waals surface area contributed by atoms with Gasteiger partial charge in [0.05, 0.1) is 0 Å². The molecule has 0 N–H and O–H groups in total. The summed E-state index contributed by atoms with van der Waals surface area (Å²) >= 11 is 1.84. The summed E-state index contributed by atoms with van der Waals surface area (Å²) in [6, 6.07) is 60.9. The van der Waals surface area contributed by atoms with Gasteiger partial charge >= 0.3 is 0 Å². The molecule has 0 saturated carbocycles. The van der Waals surface area contributed by atoms with Gasteiger partial charge in [-0.2, -0.15) is 0 Å². The van der Waals surface area contributed by atoms with E-state index in [1.807, 2.05) is 84.1 Å². The van der Waals surface area contributed by atoms with Gasteiger partial charge in [0, 0.05) is 58.4 Å². The number of fused-ring (bicyclic) bond motifs is 9. The predicted octanol–water partition coefficient (Wildman–Crippen LogP) is 14.4. The van der Waals surface area contributed by atoms with Crippen LogP contribution in [0, 0.1) is 0 Å². The SMILES string of the molecule is c1ccc(-c2nc(-c3ccccc3)nc(-c3ccc4c(c3)oc3cccc(-c5ccc(-c6ccc7c(c6)oc6ccccc67)c6sc7ccccc7c56)c34)n2)cc1. The second-order valence-corrected chi connectivity index (χ2v) is 15.4. The van der Waals surface area contributed by atoms with Crippen LogP contribution in [-0.2, 0) is 0 Å². The van der Waals surface area contributed by atoms with Crippen LogP contribution < -0.4 is 0 Å². The van der Waals surface area contributed by atoms with Gasteiger partial charge < -0.3 is 8.83 Å². The Morgan fingerprint density at radius 2 is 0.877 bits per heavy atom. The van der Waals surface area contributed by atoms with Gasteiger partial charge in [0.15, 0.2) is 17.5 Å². The summed E-state index contributed by atoms with van der Waals surface area (Å²) in [6.45, 7) is 0. The Morgan fingerprint density at radius 3 is 1.67 bits per heavy atom. The molecule has 6 heteroatoms. The van der Waals surface area contributed by atoms with Crippen molar-refractivity contribution >= 4 is 75.4 Å². The third-order valence-electron chi connectivity index (χ3n) is 11.0. The van der Waals surface area contributed by atoms with Crippen molar-refractivity contribution in [1.29, 1.82) is 0 Å². The maximum atomic E-state index is 6.67. The van der Waals surface area contributed by atoms with E-state index in [9.17, 15) is 0 Å². The minimum absolute atomic E-state index is 0.591. The highest BCUT2D eigenvalue weighted by Gasteiger charge is 2.21. The van der Waals surface area contributed by atoms with Gasteiger partial charge in [0.2, 0.25) is 0 Å². The predicted molar refractivity (Wildman–Crippen MR) is 234 cm³/mol. The molecule has 0 aliphatic carbocycles. The van der Waals surface area contributed by atoms with Crippen molar-refractivity contribution in [2.75, 3.05) is 0 Å². The Hall–Kier alpha value is -7.41. The fraction of sp³-hybridized carbons (Fsp3) is 0. The van der Waals surface area contributed by atoms with Crippen molar-refractivity contribution in [3.05, 3.63) is 176 Å². The molecular weight excluding hydrogens is 719 g/mol. The van der Waals surface area contributed by atoms with E-state index in [1.165, 1.54) is 31.3 Å². The Labute approximate surface area is 330 Å². The number of hydrogen-bond acceptors (Lipinski definition) is 6. The Morgan fingerprint density at radius 1 is 0.333 bits per heavy atom. The number of furan rings is 2. The zero-order valence-corrected chi connectivity index (χ0v) is 31.1. The largest absolute Gasteiger partial charge is 0.456 e. The second kappa shape index (κ2) is 12.6. The molecule has 57 heavy (non-hydrogen) atoms. The highest BCUT2D eigenvalue weighted by atomic mass is 32.1. The minimum Gasteiger partial charge on any atom is -0.456 e. The van der Waals surface area contributed by atoms with E-state index in [1.54, 1.807) is 0 Å². The molecule has 266 valence electrons. The average molecular weight is 748 g/mol. The standard InChI is InChI=1S/C51H29N3O2S/c1-3-12-30(13-4-1)49-52-50(31-14-5-2-6-15-31)54-51(53-49)33-23-25-39-44(29-33)56-42-20-11-18-37(46(39)42)38-27-26-34(48-47(38)40-17-8-10-21-45(40)57-48)32-22-24-36-35-16-7-9-19-41(35)55-43(36)28-32/h1-29H. The van der Waals surface area contributed by atoms with E-state index in [2.05, 4.69) is 103 Å². The van der Waals surface area contributed by atoms with Gasteiger partial charge in [-0.3, -0.25) is 0 Å². The first kappa shape index (κ1) is 31.9. The van der Waals surface area contributed by atoms with E-state index in [4.69, 9.17) is 23.8 Å². The van der Waals surface area contributed by atoms with Crippen molar-refractivity contribution in [3.8, 4) is 56.4 Å². The van der Waals surface area contributed by atoms with Gasteiger partial charge in [-0.25, -0.2) is 15.0 Å². The summed E-state index contributed by atoms with van der Waals surface area (Å²) in [5.74, 6) is 1.84. The van der Waals surface area contributed by atoms with Gasteiger partial charge in [-0.15, -0.1) is 11.3 Å². The van der Waals surface area contributed by atoms with Crippen LogP contribution in [0.5, 0.6) is 0 Å². The first-order valence-corrected chi connectivity index (χ1v) is 19.7. The van der Waals surface area contributed by atoms with Gasteiger partial charge in [-0.1, -0.05) is 133 Å². The molecule has 0 spiro atoms. The lowest BCUT2D eigenvalue weighted by atomic mass is 9.92. The van der Waals surface area contributed by atoms with Crippen LogP contribution in [0.4, 0.5) is 0 Å². The van der Waals surface area contributed by atoms with Crippen molar-refractivity contribution in [3.63, 3.8) is 0 Å². The monoisotopic (exact) mass is 747 g/mol. The van der Waals surface area contributed by atoms with E-state index in [0.717, 1.165) is 71.7 Å². The summed E-state index contributed by atoms with van der Waals surface area (Å²) in [5, 5.41) is 6.86. The molecule has 8 aromatic carbocycles. The summed E-state index contributed by atoms with van der Waals surface area (Å²) in [5.41, 5.74) is 10.8. The normalized spacial score (nSPS) is 11.9. The summed E-state index contributed by atoms with van der Waals surface area (Å²) in [7, 11) is 0. The lowest BCUT2D eigenvalue weighted by Crippen LogP contribution is -2.00. The Bertz CT molecular complexity index is 3470. The van der Waals surface area contributed by atoms with Gasteiger partial charge in [0.25, 0.3) is 0 Å². The maximum Gasteiger partial charge on any atom is 0.164 e. The van der Waals surface area contributed by atoms with Crippen molar-refractivity contribution in [1.82, 2.24) is 15.0 Å². The highest BCUT2D eigenvalue weighted by molar-refractivity contribution is 7.26. The molecule has 0 aliphatic heterocycles. The van der Waals surface area contributed by atoms with Crippen LogP contribution in [0.2, 0.25) is 0 Å². The number of nitrogens with zero attached hydrogens (tertiary/aromatic N) is 3. The molecule has 0 amide bonds. The number of hydrogen-bond donors (Lipinski definition) is 0. The van der Waals surface area contributed by atoms with Crippen LogP contribution >= 0.6 is 11.3 Å². The third-order valence-corrected chi connectivity index (χ3v) is 12.2. The zero-order valence-electron chi connectivity index (χ0n) is 30.3. The van der Waals surface area contributed by atoms with Crippen LogP contribution in [0.25, 0.3) is 120 Å². The molecule has 0 atom stereocenters. The van der Waals surface area contributed by atoms with Crippen LogP contribution in [0.3, 0.4) is 0 Å². The summed E-state index contributed by atoms with van der Waals surface area (Å²) < 4.78 is 15.5. The van der Waals surface area contributed by atoms with E-state index < -0.39 is 0 Å². The lowest BCUT2D eigenvalue weighted by Gasteiger charge is -2.11. The Balaban J connectivity index is 1.03. The first-order chi connectivity index (χ1) is 28.2. The second-order valence-electron chi connectivity index (χ2n) is 14.3. The molecular formula is C51H29N3O2S. The smallest absolute Gasteiger partial charge is 0.164 e. The number of rotatable bonds is 5. The molecule has 4 heterocycles. The van der Waals surface area contributed by atoms with E-state index in [-0.39, 0.29) is 0 Å². The van der Waals surface area contributed by atoms with E-state index >= 15 is 0 Å². The zero-order chi connectivity index (χ0) is 37.5. The summed E-state index contributed by atoms with van der Waals surface area (Å²) in [6.07, 6.45) is 0. The van der Waals surface area contributed by atoms with Gasteiger partial charge in [-0.05, 0) is 64.7 Å². The topological polar surface area (TPSA) is 65.0 Å². The molecule has 4 aromatic heterocycles. The fourth-order valence-electron chi connectivity index (χ4n) is 8.30. The van der Waals surface area contributed by atoms with Crippen LogP contribution in [-0.4, -0.2) is 15.0 Å². The highest BCUT2D eigenvalue weighted by Crippen LogP contribution is 2.48. The third kappa shape index (κ3) is 5.12. The van der Waals surface area contributed by atoms with Crippen molar-refractivity contribution in [2.24, 2.45) is 0 Å². The quantitative estimate of drug-likeness (QED) is 0.175. The molecule has 0 unspecified atom stereocenters. The number of thiophene rings is 1. The number of aromatic nitrogens is 3. The molecule has 0 fully saturated rings. The molecule has 12 aromatic rings. The molecule has 0 aliphatic rings. The molecule has 12 rings (SSSR count). The van der Waals surface area contributed by atoms with Crippen molar-refractivity contribution < 1.29 is 8.83 Å². The van der Waals surface area contributed by atoms with E-state index in [0.29, 0.717) is 17.5 Å². The van der Waals surface area contributed by atoms with Crippen LogP contribution in [0.1, 0.15) is 0 Å². The molecule has 0 saturated heterocycles. The average Bonchev–Trinajstić information content (AvgIpc) is 3.97.